The average Bonchev–Trinajstić information content (AvgIpc) is 2.33. The Morgan fingerprint density at radius 2 is 1.89 bits per heavy atom. The van der Waals surface area contributed by atoms with Crippen LogP contribution in [0.2, 0.25) is 5.15 Å². The summed E-state index contributed by atoms with van der Waals surface area (Å²) >= 11 is 5.54. The van der Waals surface area contributed by atoms with Crippen LogP contribution < -0.4 is 5.56 Å². The van der Waals surface area contributed by atoms with Crippen molar-refractivity contribution < 1.29 is 13.2 Å². The first-order valence-electron chi connectivity index (χ1n) is 5.12. The van der Waals surface area contributed by atoms with Gasteiger partial charge in [0.15, 0.2) is 5.15 Å². The molecule has 2 aromatic heterocycles. The summed E-state index contributed by atoms with van der Waals surface area (Å²) in [5, 5.41) is 7.40. The number of rotatable bonds is 2. The predicted molar refractivity (Wildman–Crippen MR) is 61.8 cm³/mol. The molecule has 0 saturated heterocycles. The SMILES string of the molecule is O=c1ccc(C(F)(F)F)cn1Cc1ccc(Cl)nn1. The number of aromatic nitrogens is 3. The summed E-state index contributed by atoms with van der Waals surface area (Å²) in [6.07, 6.45) is -3.75. The van der Waals surface area contributed by atoms with Crippen molar-refractivity contribution in [3.63, 3.8) is 0 Å². The Bertz CT molecular complexity index is 637. The molecule has 0 bridgehead atoms. The zero-order valence-corrected chi connectivity index (χ0v) is 10.1. The van der Waals surface area contributed by atoms with E-state index in [0.717, 1.165) is 22.9 Å². The third-order valence-corrected chi connectivity index (χ3v) is 2.53. The van der Waals surface area contributed by atoms with E-state index in [0.29, 0.717) is 5.69 Å². The summed E-state index contributed by atoms with van der Waals surface area (Å²) in [5.74, 6) is 0. The van der Waals surface area contributed by atoms with Gasteiger partial charge in [-0.15, -0.1) is 5.10 Å². The lowest BCUT2D eigenvalue weighted by Gasteiger charge is -2.10. The molecule has 0 atom stereocenters. The molecule has 2 heterocycles. The van der Waals surface area contributed by atoms with Crippen LogP contribution in [0.4, 0.5) is 13.2 Å². The van der Waals surface area contributed by atoms with E-state index in [1.54, 1.807) is 0 Å². The van der Waals surface area contributed by atoms with Gasteiger partial charge >= 0.3 is 6.18 Å². The van der Waals surface area contributed by atoms with E-state index in [-0.39, 0.29) is 11.7 Å². The van der Waals surface area contributed by atoms with E-state index in [4.69, 9.17) is 11.6 Å². The molecule has 0 unspecified atom stereocenters. The van der Waals surface area contributed by atoms with E-state index in [1.807, 2.05) is 0 Å². The lowest BCUT2D eigenvalue weighted by Crippen LogP contribution is -2.22. The van der Waals surface area contributed by atoms with Gasteiger partial charge in [-0.05, 0) is 18.2 Å². The van der Waals surface area contributed by atoms with Crippen molar-refractivity contribution in [2.75, 3.05) is 0 Å². The first-order chi connectivity index (χ1) is 8.86. The molecule has 2 rings (SSSR count). The number of nitrogens with zero attached hydrogens (tertiary/aromatic N) is 3. The number of halogens is 4. The van der Waals surface area contributed by atoms with Gasteiger partial charge in [0.1, 0.15) is 0 Å². The van der Waals surface area contributed by atoms with E-state index >= 15 is 0 Å². The van der Waals surface area contributed by atoms with Gasteiger partial charge in [-0.3, -0.25) is 4.79 Å². The van der Waals surface area contributed by atoms with Crippen molar-refractivity contribution in [2.24, 2.45) is 0 Å². The predicted octanol–water partition coefficient (Wildman–Crippen LogP) is 2.36. The Morgan fingerprint density at radius 1 is 1.16 bits per heavy atom. The molecular formula is C11H7ClF3N3O. The van der Waals surface area contributed by atoms with Gasteiger partial charge in [0, 0.05) is 12.3 Å². The highest BCUT2D eigenvalue weighted by molar-refractivity contribution is 6.29. The average molecular weight is 290 g/mol. The second kappa shape index (κ2) is 5.00. The van der Waals surface area contributed by atoms with Gasteiger partial charge < -0.3 is 4.57 Å². The molecule has 8 heteroatoms. The van der Waals surface area contributed by atoms with Gasteiger partial charge in [0.2, 0.25) is 0 Å². The zero-order chi connectivity index (χ0) is 14.0. The maximum absolute atomic E-state index is 12.5. The summed E-state index contributed by atoms with van der Waals surface area (Å²) in [6.45, 7) is -0.104. The van der Waals surface area contributed by atoms with Crippen molar-refractivity contribution in [1.29, 1.82) is 0 Å². The van der Waals surface area contributed by atoms with Crippen LogP contribution in [0.5, 0.6) is 0 Å². The molecule has 0 saturated carbocycles. The summed E-state index contributed by atoms with van der Waals surface area (Å²) in [7, 11) is 0. The Labute approximate surface area is 110 Å². The molecule has 0 aliphatic heterocycles. The van der Waals surface area contributed by atoms with E-state index in [9.17, 15) is 18.0 Å². The Balaban J connectivity index is 2.34. The molecule has 0 N–H and O–H groups in total. The maximum Gasteiger partial charge on any atom is 0.417 e. The summed E-state index contributed by atoms with van der Waals surface area (Å²) < 4.78 is 38.5. The third kappa shape index (κ3) is 3.31. The van der Waals surface area contributed by atoms with Crippen LogP contribution in [0, 0.1) is 0 Å². The van der Waals surface area contributed by atoms with Crippen LogP contribution >= 0.6 is 11.6 Å². The minimum absolute atomic E-state index is 0.104. The van der Waals surface area contributed by atoms with Gasteiger partial charge in [-0.1, -0.05) is 11.6 Å². The van der Waals surface area contributed by atoms with Crippen LogP contribution in [0.1, 0.15) is 11.3 Å². The van der Waals surface area contributed by atoms with Crippen molar-refractivity contribution in [3.05, 3.63) is 57.2 Å². The quantitative estimate of drug-likeness (QED) is 0.853. The number of pyridine rings is 1. The summed E-state index contributed by atoms with van der Waals surface area (Å²) in [5.41, 5.74) is -1.11. The van der Waals surface area contributed by atoms with Gasteiger partial charge in [-0.25, -0.2) is 0 Å². The summed E-state index contributed by atoms with van der Waals surface area (Å²) in [6, 6.07) is 4.54. The number of alkyl halides is 3. The standard InChI is InChI=1S/C11H7ClF3N3O/c12-9-3-2-8(16-17-9)6-18-5-7(11(13,14)15)1-4-10(18)19/h1-5H,6H2. The highest BCUT2D eigenvalue weighted by atomic mass is 35.5. The highest BCUT2D eigenvalue weighted by Crippen LogP contribution is 2.28. The molecule has 0 radical (unpaired) electrons. The first-order valence-corrected chi connectivity index (χ1v) is 5.50. The minimum Gasteiger partial charge on any atom is -0.309 e. The number of hydrogen-bond donors (Lipinski definition) is 0. The molecule has 2 aromatic rings. The van der Waals surface area contributed by atoms with Crippen molar-refractivity contribution in [3.8, 4) is 0 Å². The van der Waals surface area contributed by atoms with Crippen molar-refractivity contribution in [2.45, 2.75) is 12.7 Å². The Morgan fingerprint density at radius 3 is 2.47 bits per heavy atom. The third-order valence-electron chi connectivity index (χ3n) is 2.33. The molecule has 4 nitrogen and oxygen atoms in total. The molecule has 0 spiro atoms. The molecule has 0 fully saturated rings. The Hall–Kier alpha value is -1.89. The maximum atomic E-state index is 12.5. The van der Waals surface area contributed by atoms with Crippen LogP contribution in [-0.2, 0) is 12.7 Å². The highest BCUT2D eigenvalue weighted by Gasteiger charge is 2.31. The number of hydrogen-bond acceptors (Lipinski definition) is 3. The van der Waals surface area contributed by atoms with Crippen LogP contribution in [-0.4, -0.2) is 14.8 Å². The fourth-order valence-corrected chi connectivity index (χ4v) is 1.53. The van der Waals surface area contributed by atoms with Crippen LogP contribution in [0.3, 0.4) is 0 Å². The van der Waals surface area contributed by atoms with Gasteiger partial charge in [0.05, 0.1) is 17.8 Å². The van der Waals surface area contributed by atoms with Gasteiger partial charge in [0.25, 0.3) is 5.56 Å². The molecular weight excluding hydrogens is 283 g/mol. The molecule has 19 heavy (non-hydrogen) atoms. The van der Waals surface area contributed by atoms with Crippen molar-refractivity contribution >= 4 is 11.6 Å². The molecule has 0 amide bonds. The van der Waals surface area contributed by atoms with E-state index in [1.165, 1.54) is 12.1 Å². The normalized spacial score (nSPS) is 11.6. The van der Waals surface area contributed by atoms with Crippen LogP contribution in [0.25, 0.3) is 0 Å². The summed E-state index contributed by atoms with van der Waals surface area (Å²) in [4.78, 5) is 11.5. The fraction of sp³-hybridized carbons (Fsp3) is 0.182. The smallest absolute Gasteiger partial charge is 0.309 e. The lowest BCUT2D eigenvalue weighted by atomic mass is 10.2. The Kier molecular flexibility index (Phi) is 3.57. The molecule has 0 aliphatic carbocycles. The monoisotopic (exact) mass is 289 g/mol. The molecule has 0 aromatic carbocycles. The second-order valence-corrected chi connectivity index (χ2v) is 4.12. The van der Waals surface area contributed by atoms with Gasteiger partial charge in [-0.2, -0.15) is 18.3 Å². The topological polar surface area (TPSA) is 47.8 Å². The molecule has 100 valence electrons. The van der Waals surface area contributed by atoms with Crippen molar-refractivity contribution in [1.82, 2.24) is 14.8 Å². The second-order valence-electron chi connectivity index (χ2n) is 3.73. The zero-order valence-electron chi connectivity index (χ0n) is 9.36. The largest absolute Gasteiger partial charge is 0.417 e. The van der Waals surface area contributed by atoms with Crippen LogP contribution in [0.15, 0.2) is 35.3 Å². The lowest BCUT2D eigenvalue weighted by molar-refractivity contribution is -0.138. The fourth-order valence-electron chi connectivity index (χ4n) is 1.43. The minimum atomic E-state index is -4.50. The van der Waals surface area contributed by atoms with E-state index in [2.05, 4.69) is 10.2 Å². The van der Waals surface area contributed by atoms with E-state index < -0.39 is 17.3 Å². The molecule has 0 aliphatic rings. The first kappa shape index (κ1) is 13.5.